The summed E-state index contributed by atoms with van der Waals surface area (Å²) < 4.78 is 0. The van der Waals surface area contributed by atoms with Gasteiger partial charge in [0.05, 0.1) is 11.8 Å². The van der Waals surface area contributed by atoms with E-state index in [1.54, 1.807) is 0 Å². The SMILES string of the molecule is O=C1C(Cc2ccccc2)=NC2CCCC3C(C2)C13. The van der Waals surface area contributed by atoms with Gasteiger partial charge in [-0.25, -0.2) is 0 Å². The Kier molecular flexibility index (Phi) is 2.57. The molecule has 2 fully saturated rings. The van der Waals surface area contributed by atoms with Crippen LogP contribution >= 0.6 is 0 Å². The zero-order valence-corrected chi connectivity index (χ0v) is 11.1. The van der Waals surface area contributed by atoms with Gasteiger partial charge >= 0.3 is 0 Å². The summed E-state index contributed by atoms with van der Waals surface area (Å²) >= 11 is 0. The van der Waals surface area contributed by atoms with E-state index in [1.165, 1.54) is 31.2 Å². The third kappa shape index (κ3) is 1.94. The lowest BCUT2D eigenvalue weighted by molar-refractivity contribution is -0.114. The number of carbonyl (C=O) groups excluding carboxylic acids is 1. The molecule has 0 aromatic heterocycles. The molecule has 1 aromatic rings. The van der Waals surface area contributed by atoms with Crippen molar-refractivity contribution in [1.82, 2.24) is 0 Å². The quantitative estimate of drug-likeness (QED) is 0.796. The van der Waals surface area contributed by atoms with Crippen molar-refractivity contribution in [3.8, 4) is 0 Å². The van der Waals surface area contributed by atoms with Crippen LogP contribution in [0.5, 0.6) is 0 Å². The number of aliphatic imine (C=N–C) groups is 1. The summed E-state index contributed by atoms with van der Waals surface area (Å²) in [5.74, 6) is 2.05. The van der Waals surface area contributed by atoms with Crippen LogP contribution in [0.15, 0.2) is 35.3 Å². The topological polar surface area (TPSA) is 29.4 Å². The van der Waals surface area contributed by atoms with Crippen molar-refractivity contribution in [2.75, 3.05) is 0 Å². The Morgan fingerprint density at radius 3 is 2.79 bits per heavy atom. The molecular weight excluding hydrogens is 234 g/mol. The number of fused-ring (bicyclic) bond motifs is 2. The standard InChI is InChI=1S/C17H19NO/c19-17-15(9-11-5-2-1-3-6-11)18-12-7-4-8-13-14(10-12)16(13)17/h1-3,5-6,12-14,16H,4,7-10H2. The number of rotatable bonds is 2. The van der Waals surface area contributed by atoms with Gasteiger partial charge in [-0.15, -0.1) is 0 Å². The maximum Gasteiger partial charge on any atom is 0.180 e. The maximum atomic E-state index is 12.6. The number of Topliss-reactive ketones (excluding diaryl/α,β-unsaturated/α-hetero) is 1. The largest absolute Gasteiger partial charge is 0.292 e. The fraction of sp³-hybridized carbons (Fsp3) is 0.529. The molecule has 0 saturated heterocycles. The number of ketones is 1. The molecule has 0 N–H and O–H groups in total. The minimum atomic E-state index is 0.327. The van der Waals surface area contributed by atoms with E-state index in [0.717, 1.165) is 12.1 Å². The summed E-state index contributed by atoms with van der Waals surface area (Å²) in [6.45, 7) is 0. The van der Waals surface area contributed by atoms with Crippen LogP contribution in [-0.4, -0.2) is 17.5 Å². The Hall–Kier alpha value is -1.44. The normalized spacial score (nSPS) is 36.2. The van der Waals surface area contributed by atoms with Crippen molar-refractivity contribution in [1.29, 1.82) is 0 Å². The van der Waals surface area contributed by atoms with Gasteiger partial charge in [0.25, 0.3) is 0 Å². The van der Waals surface area contributed by atoms with Crippen LogP contribution in [-0.2, 0) is 11.2 Å². The number of hydrogen-bond acceptors (Lipinski definition) is 2. The molecule has 3 aliphatic rings. The van der Waals surface area contributed by atoms with E-state index in [1.807, 2.05) is 18.2 Å². The molecule has 4 unspecified atom stereocenters. The number of benzene rings is 1. The highest BCUT2D eigenvalue weighted by Crippen LogP contribution is 2.56. The van der Waals surface area contributed by atoms with Crippen LogP contribution in [0.25, 0.3) is 0 Å². The number of hydrogen-bond donors (Lipinski definition) is 0. The first kappa shape index (κ1) is 11.4. The number of nitrogens with zero attached hydrogens (tertiary/aromatic N) is 1. The van der Waals surface area contributed by atoms with E-state index in [4.69, 9.17) is 4.99 Å². The average Bonchev–Trinajstić information content (AvgIpc) is 3.13. The van der Waals surface area contributed by atoms with Gasteiger partial charge < -0.3 is 0 Å². The molecule has 2 aliphatic carbocycles. The Morgan fingerprint density at radius 2 is 1.95 bits per heavy atom. The van der Waals surface area contributed by atoms with Crippen molar-refractivity contribution >= 4 is 11.5 Å². The molecule has 0 radical (unpaired) electrons. The molecule has 4 atom stereocenters. The molecule has 2 bridgehead atoms. The highest BCUT2D eigenvalue weighted by molar-refractivity contribution is 6.42. The van der Waals surface area contributed by atoms with E-state index < -0.39 is 0 Å². The molecule has 19 heavy (non-hydrogen) atoms. The van der Waals surface area contributed by atoms with E-state index >= 15 is 0 Å². The van der Waals surface area contributed by atoms with Crippen LogP contribution in [0.2, 0.25) is 0 Å². The van der Waals surface area contributed by atoms with Gasteiger partial charge in [-0.05, 0) is 36.7 Å². The second-order valence-corrected chi connectivity index (χ2v) is 6.28. The Bertz CT molecular complexity index is 533. The zero-order valence-electron chi connectivity index (χ0n) is 11.1. The van der Waals surface area contributed by atoms with Gasteiger partial charge in [0.1, 0.15) is 0 Å². The van der Waals surface area contributed by atoms with E-state index in [-0.39, 0.29) is 0 Å². The van der Waals surface area contributed by atoms with Crippen LogP contribution in [0.3, 0.4) is 0 Å². The first-order valence-electron chi connectivity index (χ1n) is 7.48. The molecule has 1 aliphatic heterocycles. The van der Waals surface area contributed by atoms with E-state index in [0.29, 0.717) is 29.6 Å². The number of carbonyl (C=O) groups is 1. The fourth-order valence-electron chi connectivity index (χ4n) is 4.09. The third-order valence-corrected chi connectivity index (χ3v) is 5.09. The smallest absolute Gasteiger partial charge is 0.180 e. The zero-order chi connectivity index (χ0) is 12.8. The molecule has 1 heterocycles. The molecular formula is C17H19NO. The Balaban J connectivity index is 1.63. The summed E-state index contributed by atoms with van der Waals surface area (Å²) in [6.07, 6.45) is 5.60. The fourth-order valence-corrected chi connectivity index (χ4v) is 4.09. The minimum absolute atomic E-state index is 0.327. The van der Waals surface area contributed by atoms with Gasteiger partial charge in [-0.3, -0.25) is 9.79 Å². The van der Waals surface area contributed by atoms with Crippen LogP contribution < -0.4 is 0 Å². The minimum Gasteiger partial charge on any atom is -0.292 e. The van der Waals surface area contributed by atoms with E-state index in [2.05, 4.69) is 12.1 Å². The summed E-state index contributed by atoms with van der Waals surface area (Å²) in [6, 6.07) is 10.7. The molecule has 0 spiro atoms. The van der Waals surface area contributed by atoms with Crippen molar-refractivity contribution in [2.45, 2.75) is 38.1 Å². The monoisotopic (exact) mass is 253 g/mol. The molecule has 2 nitrogen and oxygen atoms in total. The second kappa shape index (κ2) is 4.29. The molecule has 2 heteroatoms. The lowest BCUT2D eigenvalue weighted by atomic mass is 10.0. The van der Waals surface area contributed by atoms with Crippen LogP contribution in [0.4, 0.5) is 0 Å². The Labute approximate surface area is 113 Å². The van der Waals surface area contributed by atoms with Crippen molar-refractivity contribution in [3.63, 3.8) is 0 Å². The second-order valence-electron chi connectivity index (χ2n) is 6.28. The maximum absolute atomic E-state index is 12.6. The van der Waals surface area contributed by atoms with Gasteiger partial charge in [0, 0.05) is 12.3 Å². The molecule has 0 amide bonds. The Morgan fingerprint density at radius 1 is 1.11 bits per heavy atom. The molecule has 1 aromatic carbocycles. The molecule has 98 valence electrons. The van der Waals surface area contributed by atoms with Gasteiger partial charge in [0.2, 0.25) is 0 Å². The van der Waals surface area contributed by atoms with Gasteiger partial charge in [-0.1, -0.05) is 36.8 Å². The first-order chi connectivity index (χ1) is 9.33. The van der Waals surface area contributed by atoms with Crippen LogP contribution in [0.1, 0.15) is 31.2 Å². The highest BCUT2D eigenvalue weighted by Gasteiger charge is 2.57. The predicted molar refractivity (Wildman–Crippen MR) is 75.3 cm³/mol. The van der Waals surface area contributed by atoms with Crippen molar-refractivity contribution in [2.24, 2.45) is 22.7 Å². The summed E-state index contributed by atoms with van der Waals surface area (Å²) in [4.78, 5) is 17.4. The van der Waals surface area contributed by atoms with Crippen molar-refractivity contribution in [3.05, 3.63) is 35.9 Å². The summed E-state index contributed by atoms with van der Waals surface area (Å²) in [5, 5.41) is 0. The summed E-state index contributed by atoms with van der Waals surface area (Å²) in [7, 11) is 0. The first-order valence-corrected chi connectivity index (χ1v) is 7.48. The molecule has 4 rings (SSSR count). The summed E-state index contributed by atoms with van der Waals surface area (Å²) in [5.41, 5.74) is 2.07. The average molecular weight is 253 g/mol. The predicted octanol–water partition coefficient (Wildman–Crippen LogP) is 3.06. The van der Waals surface area contributed by atoms with Crippen LogP contribution in [0, 0.1) is 17.8 Å². The van der Waals surface area contributed by atoms with Crippen molar-refractivity contribution < 1.29 is 4.79 Å². The molecule has 2 saturated carbocycles. The highest BCUT2D eigenvalue weighted by atomic mass is 16.1. The lowest BCUT2D eigenvalue weighted by Crippen LogP contribution is -2.20. The lowest BCUT2D eigenvalue weighted by Gasteiger charge is -2.09. The van der Waals surface area contributed by atoms with Gasteiger partial charge in [0.15, 0.2) is 5.78 Å². The third-order valence-electron chi connectivity index (χ3n) is 5.09. The van der Waals surface area contributed by atoms with Gasteiger partial charge in [-0.2, -0.15) is 0 Å². The van der Waals surface area contributed by atoms with E-state index in [9.17, 15) is 4.79 Å².